The maximum Gasteiger partial charge on any atom is 0.190 e. The Hall–Kier alpha value is 0.790. The van der Waals surface area contributed by atoms with E-state index in [-0.39, 0.29) is 5.41 Å². The SMILES string of the molecule is COCC(CCC(Cl)(Cl)Cl)(COC)C1CCCCC1C. The minimum atomic E-state index is -1.20. The minimum Gasteiger partial charge on any atom is -0.384 e. The molecule has 0 saturated heterocycles. The highest BCUT2D eigenvalue weighted by Crippen LogP contribution is 2.47. The third-order valence-electron chi connectivity index (χ3n) is 4.67. The van der Waals surface area contributed by atoms with E-state index >= 15 is 0 Å². The Morgan fingerprint density at radius 1 is 0.950 bits per heavy atom. The predicted octanol–water partition coefficient (Wildman–Crippen LogP) is 5.24. The maximum atomic E-state index is 5.96. The second-order valence-electron chi connectivity index (χ2n) is 6.21. The summed E-state index contributed by atoms with van der Waals surface area (Å²) in [5.41, 5.74) is -0.0484. The molecule has 0 heterocycles. The molecule has 20 heavy (non-hydrogen) atoms. The molecule has 0 aromatic heterocycles. The van der Waals surface area contributed by atoms with E-state index < -0.39 is 3.79 Å². The van der Waals surface area contributed by atoms with Gasteiger partial charge in [-0.3, -0.25) is 0 Å². The van der Waals surface area contributed by atoms with Crippen LogP contribution in [0.1, 0.15) is 45.4 Å². The van der Waals surface area contributed by atoms with E-state index in [2.05, 4.69) is 6.92 Å². The molecule has 0 bridgehead atoms. The Labute approximate surface area is 138 Å². The van der Waals surface area contributed by atoms with Crippen LogP contribution in [0.4, 0.5) is 0 Å². The molecule has 5 heteroatoms. The average molecular weight is 346 g/mol. The summed E-state index contributed by atoms with van der Waals surface area (Å²) < 4.78 is 9.83. The summed E-state index contributed by atoms with van der Waals surface area (Å²) in [4.78, 5) is 0. The molecular formula is C15H27Cl3O2. The standard InChI is InChI=1S/C15H27Cl3O2/c1-12-6-4-5-7-13(12)14(10-19-2,11-20-3)8-9-15(16,17)18/h12-13H,4-11H2,1-3H3. The summed E-state index contributed by atoms with van der Waals surface area (Å²) in [6, 6.07) is 0. The zero-order chi connectivity index (χ0) is 15.2. The molecule has 0 amide bonds. The number of ether oxygens (including phenoxy) is 2. The lowest BCUT2D eigenvalue weighted by molar-refractivity contribution is -0.0632. The molecule has 0 aromatic carbocycles. The molecule has 120 valence electrons. The van der Waals surface area contributed by atoms with Crippen LogP contribution in [0.25, 0.3) is 0 Å². The van der Waals surface area contributed by atoms with Gasteiger partial charge < -0.3 is 9.47 Å². The molecule has 0 aromatic rings. The maximum absolute atomic E-state index is 5.96. The van der Waals surface area contributed by atoms with Gasteiger partial charge in [-0.2, -0.15) is 0 Å². The van der Waals surface area contributed by atoms with Gasteiger partial charge >= 0.3 is 0 Å². The first-order valence-corrected chi connectivity index (χ1v) is 8.52. The number of hydrogen-bond acceptors (Lipinski definition) is 2. The van der Waals surface area contributed by atoms with Crippen LogP contribution >= 0.6 is 34.8 Å². The summed E-state index contributed by atoms with van der Waals surface area (Å²) in [6.45, 7) is 3.66. The highest BCUT2D eigenvalue weighted by atomic mass is 35.6. The van der Waals surface area contributed by atoms with Crippen LogP contribution < -0.4 is 0 Å². The van der Waals surface area contributed by atoms with Crippen molar-refractivity contribution in [2.24, 2.45) is 17.3 Å². The van der Waals surface area contributed by atoms with Crippen LogP contribution in [0.15, 0.2) is 0 Å². The molecule has 1 rings (SSSR count). The molecule has 0 aliphatic heterocycles. The van der Waals surface area contributed by atoms with Crippen molar-refractivity contribution in [2.75, 3.05) is 27.4 Å². The Balaban J connectivity index is 2.89. The van der Waals surface area contributed by atoms with Crippen LogP contribution in [0.3, 0.4) is 0 Å². The second-order valence-corrected chi connectivity index (χ2v) is 8.73. The predicted molar refractivity (Wildman–Crippen MR) is 86.8 cm³/mol. The van der Waals surface area contributed by atoms with E-state index in [1.165, 1.54) is 25.7 Å². The van der Waals surface area contributed by atoms with Gasteiger partial charge in [0.25, 0.3) is 0 Å². The Kier molecular flexibility index (Phi) is 7.94. The summed E-state index contributed by atoms with van der Waals surface area (Å²) in [5, 5.41) is 0. The number of rotatable bonds is 7. The van der Waals surface area contributed by atoms with Crippen molar-refractivity contribution in [1.82, 2.24) is 0 Å². The number of halogens is 3. The van der Waals surface area contributed by atoms with Gasteiger partial charge in [-0.25, -0.2) is 0 Å². The lowest BCUT2D eigenvalue weighted by atomic mass is 9.63. The topological polar surface area (TPSA) is 18.5 Å². The summed E-state index contributed by atoms with van der Waals surface area (Å²) in [5.74, 6) is 1.24. The van der Waals surface area contributed by atoms with Crippen molar-refractivity contribution in [1.29, 1.82) is 0 Å². The zero-order valence-electron chi connectivity index (χ0n) is 12.8. The highest BCUT2D eigenvalue weighted by Gasteiger charge is 2.43. The average Bonchev–Trinajstić information content (AvgIpc) is 2.36. The number of hydrogen-bond donors (Lipinski definition) is 0. The van der Waals surface area contributed by atoms with E-state index in [1.54, 1.807) is 14.2 Å². The third kappa shape index (κ3) is 5.53. The lowest BCUT2D eigenvalue weighted by Crippen LogP contribution is -2.44. The van der Waals surface area contributed by atoms with Crippen molar-refractivity contribution < 1.29 is 9.47 Å². The molecule has 2 unspecified atom stereocenters. The lowest BCUT2D eigenvalue weighted by Gasteiger charge is -2.45. The van der Waals surface area contributed by atoms with Crippen LogP contribution in [-0.4, -0.2) is 31.2 Å². The first kappa shape index (κ1) is 18.8. The van der Waals surface area contributed by atoms with Gasteiger partial charge in [0.15, 0.2) is 3.79 Å². The highest BCUT2D eigenvalue weighted by molar-refractivity contribution is 6.67. The summed E-state index contributed by atoms with van der Waals surface area (Å²) in [7, 11) is 3.49. The summed E-state index contributed by atoms with van der Waals surface area (Å²) >= 11 is 17.9. The normalized spacial score (nSPS) is 24.9. The Morgan fingerprint density at radius 2 is 1.50 bits per heavy atom. The van der Waals surface area contributed by atoms with Gasteiger partial charge in [-0.1, -0.05) is 61.0 Å². The van der Waals surface area contributed by atoms with Gasteiger partial charge in [0.1, 0.15) is 0 Å². The first-order chi connectivity index (χ1) is 9.34. The number of methoxy groups -OCH3 is 2. The molecule has 1 aliphatic carbocycles. The molecule has 1 aliphatic rings. The van der Waals surface area contributed by atoms with Crippen LogP contribution in [-0.2, 0) is 9.47 Å². The van der Waals surface area contributed by atoms with Crippen molar-refractivity contribution in [3.05, 3.63) is 0 Å². The third-order valence-corrected chi connectivity index (χ3v) is 5.23. The van der Waals surface area contributed by atoms with Crippen LogP contribution in [0, 0.1) is 17.3 Å². The summed E-state index contributed by atoms with van der Waals surface area (Å²) in [6.07, 6.45) is 6.44. The molecule has 2 nitrogen and oxygen atoms in total. The van der Waals surface area contributed by atoms with Gasteiger partial charge in [0, 0.05) is 19.6 Å². The minimum absolute atomic E-state index is 0.0484. The second kappa shape index (κ2) is 8.43. The monoisotopic (exact) mass is 344 g/mol. The molecule has 0 N–H and O–H groups in total. The van der Waals surface area contributed by atoms with Crippen molar-refractivity contribution >= 4 is 34.8 Å². The van der Waals surface area contributed by atoms with Gasteiger partial charge in [-0.05, 0) is 31.1 Å². The van der Waals surface area contributed by atoms with E-state index in [9.17, 15) is 0 Å². The molecule has 0 spiro atoms. The Morgan fingerprint density at radius 3 is 1.95 bits per heavy atom. The van der Waals surface area contributed by atoms with Gasteiger partial charge in [-0.15, -0.1) is 0 Å². The molecular weight excluding hydrogens is 319 g/mol. The van der Waals surface area contributed by atoms with E-state index in [4.69, 9.17) is 44.3 Å². The van der Waals surface area contributed by atoms with Crippen LogP contribution in [0.2, 0.25) is 0 Å². The van der Waals surface area contributed by atoms with Crippen molar-refractivity contribution in [2.45, 2.75) is 49.2 Å². The largest absolute Gasteiger partial charge is 0.384 e. The molecule has 0 radical (unpaired) electrons. The molecule has 2 atom stereocenters. The fraction of sp³-hybridized carbons (Fsp3) is 1.00. The van der Waals surface area contributed by atoms with Crippen molar-refractivity contribution in [3.63, 3.8) is 0 Å². The Bertz CT molecular complexity index is 273. The van der Waals surface area contributed by atoms with Crippen molar-refractivity contribution in [3.8, 4) is 0 Å². The van der Waals surface area contributed by atoms with E-state index in [1.807, 2.05) is 0 Å². The number of alkyl halides is 3. The molecule has 1 saturated carbocycles. The first-order valence-electron chi connectivity index (χ1n) is 7.39. The zero-order valence-corrected chi connectivity index (χ0v) is 15.0. The smallest absolute Gasteiger partial charge is 0.190 e. The van der Waals surface area contributed by atoms with E-state index in [0.717, 1.165) is 6.42 Å². The fourth-order valence-corrected chi connectivity index (χ4v) is 4.06. The fourth-order valence-electron chi connectivity index (χ4n) is 3.78. The van der Waals surface area contributed by atoms with Gasteiger partial charge in [0.05, 0.1) is 13.2 Å². The van der Waals surface area contributed by atoms with Crippen LogP contribution in [0.5, 0.6) is 0 Å². The quantitative estimate of drug-likeness (QED) is 0.587. The van der Waals surface area contributed by atoms with E-state index in [0.29, 0.717) is 31.5 Å². The molecule has 1 fully saturated rings. The van der Waals surface area contributed by atoms with Gasteiger partial charge in [0.2, 0.25) is 0 Å².